The van der Waals surface area contributed by atoms with Gasteiger partial charge in [-0.25, -0.2) is 0 Å². The number of thiophene rings is 1. The Morgan fingerprint density at radius 3 is 2.84 bits per heavy atom. The van der Waals surface area contributed by atoms with Crippen molar-refractivity contribution in [3.05, 3.63) is 56.9 Å². The molecule has 0 spiro atoms. The van der Waals surface area contributed by atoms with Gasteiger partial charge >= 0.3 is 0 Å². The molecule has 0 atom stereocenters. The van der Waals surface area contributed by atoms with E-state index in [4.69, 9.17) is 11.6 Å². The fourth-order valence-electron chi connectivity index (χ4n) is 1.96. The van der Waals surface area contributed by atoms with Gasteiger partial charge in [0.1, 0.15) is 0 Å². The van der Waals surface area contributed by atoms with Crippen molar-refractivity contribution in [1.29, 1.82) is 0 Å². The van der Waals surface area contributed by atoms with Gasteiger partial charge in [-0.15, -0.1) is 11.3 Å². The van der Waals surface area contributed by atoms with Crippen molar-refractivity contribution < 1.29 is 4.79 Å². The highest BCUT2D eigenvalue weighted by molar-refractivity contribution is 7.12. The molecule has 19 heavy (non-hydrogen) atoms. The molecule has 0 radical (unpaired) electrons. The average molecular weight is 294 g/mol. The molecule has 1 aromatic rings. The van der Waals surface area contributed by atoms with Crippen molar-refractivity contribution in [2.24, 2.45) is 0 Å². The number of ketones is 1. The van der Waals surface area contributed by atoms with Gasteiger partial charge in [0.05, 0.1) is 4.88 Å². The van der Waals surface area contributed by atoms with Crippen LogP contribution in [0, 0.1) is 0 Å². The third-order valence-corrected chi connectivity index (χ3v) is 4.21. The smallest absolute Gasteiger partial charge is 0.195 e. The van der Waals surface area contributed by atoms with Crippen molar-refractivity contribution in [2.45, 2.75) is 12.8 Å². The fraction of sp³-hybridized carbons (Fsp3) is 0.267. The van der Waals surface area contributed by atoms with Crippen LogP contribution in [0.2, 0.25) is 0 Å². The van der Waals surface area contributed by atoms with Crippen molar-refractivity contribution in [1.82, 2.24) is 4.90 Å². The summed E-state index contributed by atoms with van der Waals surface area (Å²) >= 11 is 7.78. The lowest BCUT2D eigenvalue weighted by atomic mass is 10.2. The van der Waals surface area contributed by atoms with Crippen molar-refractivity contribution in [3.8, 4) is 0 Å². The van der Waals surface area contributed by atoms with Crippen molar-refractivity contribution >= 4 is 28.7 Å². The van der Waals surface area contributed by atoms with E-state index in [0.29, 0.717) is 0 Å². The van der Waals surface area contributed by atoms with E-state index in [1.54, 1.807) is 6.08 Å². The van der Waals surface area contributed by atoms with Crippen LogP contribution in [0.1, 0.15) is 22.5 Å². The predicted molar refractivity (Wildman–Crippen MR) is 81.7 cm³/mol. The predicted octanol–water partition coefficient (Wildman–Crippen LogP) is 4.22. The molecule has 0 saturated carbocycles. The number of carbonyl (C=O) groups excluding carboxylic acids is 1. The number of nitrogens with zero attached hydrogens (tertiary/aromatic N) is 1. The summed E-state index contributed by atoms with van der Waals surface area (Å²) in [6.45, 7) is 0. The van der Waals surface area contributed by atoms with Crippen molar-refractivity contribution in [2.75, 3.05) is 14.1 Å². The molecule has 0 aromatic carbocycles. The zero-order valence-electron chi connectivity index (χ0n) is 11.0. The fourth-order valence-corrected chi connectivity index (χ4v) is 2.91. The minimum Gasteiger partial charge on any atom is -0.383 e. The Bertz CT molecular complexity index is 553. The third kappa shape index (κ3) is 3.58. The van der Waals surface area contributed by atoms with E-state index in [9.17, 15) is 4.79 Å². The summed E-state index contributed by atoms with van der Waals surface area (Å²) in [5, 5.41) is 2.69. The summed E-state index contributed by atoms with van der Waals surface area (Å²) in [6.07, 6.45) is 7.32. The Hall–Kier alpha value is -1.32. The van der Waals surface area contributed by atoms with Crippen molar-refractivity contribution in [3.63, 3.8) is 0 Å². The zero-order chi connectivity index (χ0) is 13.8. The Labute approximate surface area is 122 Å². The second kappa shape index (κ2) is 6.22. The lowest BCUT2D eigenvalue weighted by molar-refractivity contribution is 0.105. The molecule has 0 fully saturated rings. The second-order valence-electron chi connectivity index (χ2n) is 4.63. The first-order valence-corrected chi connectivity index (χ1v) is 7.35. The Morgan fingerprint density at radius 2 is 2.21 bits per heavy atom. The maximum absolute atomic E-state index is 11.9. The van der Waals surface area contributed by atoms with E-state index in [-0.39, 0.29) is 5.78 Å². The molecule has 1 aliphatic carbocycles. The minimum atomic E-state index is 0.0389. The number of allylic oxidation sites excluding steroid dienone is 5. The number of hydrogen-bond donors (Lipinski definition) is 0. The maximum atomic E-state index is 11.9. The van der Waals surface area contributed by atoms with Crippen LogP contribution in [0.3, 0.4) is 0 Å². The summed E-state index contributed by atoms with van der Waals surface area (Å²) in [4.78, 5) is 14.6. The number of rotatable bonds is 4. The Morgan fingerprint density at radius 1 is 1.42 bits per heavy atom. The molecular formula is C15H16ClNOS. The molecule has 1 aliphatic rings. The van der Waals surface area contributed by atoms with E-state index in [0.717, 1.165) is 33.9 Å². The SMILES string of the molecule is CN(C)/C=C1/CCC(/C=C/C(=O)c2cccs2)=C1Cl. The highest BCUT2D eigenvalue weighted by Crippen LogP contribution is 2.35. The van der Waals surface area contributed by atoms with Crippen LogP contribution in [-0.2, 0) is 0 Å². The van der Waals surface area contributed by atoms with E-state index in [2.05, 4.69) is 0 Å². The molecule has 0 saturated heterocycles. The molecule has 1 heterocycles. The maximum Gasteiger partial charge on any atom is 0.195 e. The molecule has 0 N–H and O–H groups in total. The average Bonchev–Trinajstić information content (AvgIpc) is 2.98. The molecule has 0 amide bonds. The van der Waals surface area contributed by atoms with Gasteiger partial charge in [0.25, 0.3) is 0 Å². The molecule has 2 rings (SSSR count). The highest BCUT2D eigenvalue weighted by atomic mass is 35.5. The lowest BCUT2D eigenvalue weighted by Crippen LogP contribution is -2.02. The minimum absolute atomic E-state index is 0.0389. The van der Waals surface area contributed by atoms with Crippen LogP contribution in [0.4, 0.5) is 0 Å². The second-order valence-corrected chi connectivity index (χ2v) is 5.96. The largest absolute Gasteiger partial charge is 0.383 e. The first-order valence-electron chi connectivity index (χ1n) is 6.10. The molecule has 1 aromatic heterocycles. The summed E-state index contributed by atoms with van der Waals surface area (Å²) in [5.74, 6) is 0.0389. The van der Waals surface area contributed by atoms with Gasteiger partial charge in [0.2, 0.25) is 0 Å². The normalized spacial score (nSPS) is 17.7. The van der Waals surface area contributed by atoms with Gasteiger partial charge < -0.3 is 4.90 Å². The third-order valence-electron chi connectivity index (χ3n) is 2.84. The van der Waals surface area contributed by atoms with Gasteiger partial charge in [-0.05, 0) is 41.5 Å². The lowest BCUT2D eigenvalue weighted by Gasteiger charge is -2.06. The number of carbonyl (C=O) groups is 1. The Balaban J connectivity index is 2.11. The molecule has 0 bridgehead atoms. The topological polar surface area (TPSA) is 20.3 Å². The van der Waals surface area contributed by atoms with E-state index < -0.39 is 0 Å². The van der Waals surface area contributed by atoms with Gasteiger partial charge in [0, 0.05) is 25.3 Å². The quantitative estimate of drug-likeness (QED) is 0.612. The molecular weight excluding hydrogens is 278 g/mol. The van der Waals surface area contributed by atoms with Crippen LogP contribution in [0.25, 0.3) is 0 Å². The number of halogens is 1. The van der Waals surface area contributed by atoms with Gasteiger partial charge in [-0.2, -0.15) is 0 Å². The summed E-state index contributed by atoms with van der Waals surface area (Å²) < 4.78 is 0. The monoisotopic (exact) mass is 293 g/mol. The standard InChI is InChI=1S/C15H16ClNOS/c1-17(2)10-12-6-5-11(15(12)16)7-8-13(18)14-4-3-9-19-14/h3-4,7-10H,5-6H2,1-2H3/b8-7+,12-10-. The van der Waals surface area contributed by atoms with Gasteiger partial charge in [-0.3, -0.25) is 4.79 Å². The van der Waals surface area contributed by atoms with Crippen LogP contribution in [0.5, 0.6) is 0 Å². The molecule has 4 heteroatoms. The first-order chi connectivity index (χ1) is 9.08. The Kier molecular flexibility index (Phi) is 4.61. The van der Waals surface area contributed by atoms with Crippen LogP contribution >= 0.6 is 22.9 Å². The van der Waals surface area contributed by atoms with Gasteiger partial charge in [-0.1, -0.05) is 23.7 Å². The van der Waals surface area contributed by atoms with E-state index in [1.165, 1.54) is 11.3 Å². The summed E-state index contributed by atoms with van der Waals surface area (Å²) in [5.41, 5.74) is 2.18. The molecule has 2 nitrogen and oxygen atoms in total. The van der Waals surface area contributed by atoms with Gasteiger partial charge in [0.15, 0.2) is 5.78 Å². The highest BCUT2D eigenvalue weighted by Gasteiger charge is 2.16. The summed E-state index contributed by atoms with van der Waals surface area (Å²) in [7, 11) is 3.95. The molecule has 0 aliphatic heterocycles. The summed E-state index contributed by atoms with van der Waals surface area (Å²) in [6, 6.07) is 3.71. The van der Waals surface area contributed by atoms with Crippen LogP contribution in [-0.4, -0.2) is 24.8 Å². The first kappa shape index (κ1) is 14.1. The molecule has 0 unspecified atom stereocenters. The van der Waals surface area contributed by atoms with E-state index >= 15 is 0 Å². The van der Waals surface area contributed by atoms with Crippen LogP contribution in [0.15, 0.2) is 52.0 Å². The molecule has 100 valence electrons. The van der Waals surface area contributed by atoms with Crippen LogP contribution < -0.4 is 0 Å². The zero-order valence-corrected chi connectivity index (χ0v) is 12.6. The number of hydrogen-bond acceptors (Lipinski definition) is 3. The van der Waals surface area contributed by atoms with E-state index in [1.807, 2.05) is 48.8 Å².